The molecule has 1 N–H and O–H groups in total. The predicted octanol–water partition coefficient (Wildman–Crippen LogP) is 4.64. The smallest absolute Gasteiger partial charge is 0.128 e. The maximum absolute atomic E-state index is 13.5. The van der Waals surface area contributed by atoms with Crippen molar-refractivity contribution in [2.45, 2.75) is 19.5 Å². The van der Waals surface area contributed by atoms with Crippen LogP contribution in [0.25, 0.3) is 0 Å². The number of benzene rings is 1. The molecule has 5 heteroatoms. The normalized spacial score (nSPS) is 12.7. The molecule has 0 bridgehead atoms. The lowest BCUT2D eigenvalue weighted by Gasteiger charge is -2.14. The summed E-state index contributed by atoms with van der Waals surface area (Å²) in [6, 6.07) is 5.29. The summed E-state index contributed by atoms with van der Waals surface area (Å²) in [6.45, 7) is 2.45. The molecule has 96 valence electrons. The molecule has 1 atom stereocenters. The highest BCUT2D eigenvalue weighted by Gasteiger charge is 2.11. The van der Waals surface area contributed by atoms with Crippen molar-refractivity contribution in [2.75, 3.05) is 0 Å². The van der Waals surface area contributed by atoms with Crippen LogP contribution in [0.5, 0.6) is 0 Å². The molecule has 1 aromatic carbocycles. The van der Waals surface area contributed by atoms with Crippen LogP contribution in [-0.2, 0) is 6.54 Å². The zero-order valence-corrected chi connectivity index (χ0v) is 12.1. The minimum atomic E-state index is -0.418. The Morgan fingerprint density at radius 2 is 2.11 bits per heavy atom. The third-order valence-electron chi connectivity index (χ3n) is 2.63. The summed E-state index contributed by atoms with van der Waals surface area (Å²) in [5, 5.41) is 5.17. The highest BCUT2D eigenvalue weighted by atomic mass is 79.9. The molecule has 1 unspecified atom stereocenters. The predicted molar refractivity (Wildman–Crippen MR) is 73.6 cm³/mol. The van der Waals surface area contributed by atoms with Crippen LogP contribution in [-0.4, -0.2) is 0 Å². The van der Waals surface area contributed by atoms with Crippen LogP contribution in [0.15, 0.2) is 34.1 Å². The van der Waals surface area contributed by atoms with Gasteiger partial charge < -0.3 is 5.32 Å². The molecule has 0 fully saturated rings. The van der Waals surface area contributed by atoms with Gasteiger partial charge in [0.1, 0.15) is 11.6 Å². The number of hydrogen-bond acceptors (Lipinski definition) is 2. The van der Waals surface area contributed by atoms with Gasteiger partial charge in [-0.2, -0.15) is 0 Å². The van der Waals surface area contributed by atoms with Crippen molar-refractivity contribution in [3.05, 3.63) is 56.2 Å². The molecule has 0 aliphatic carbocycles. The zero-order chi connectivity index (χ0) is 13.1. The van der Waals surface area contributed by atoms with E-state index in [1.165, 1.54) is 6.07 Å². The second-order valence-electron chi connectivity index (χ2n) is 4.00. The summed E-state index contributed by atoms with van der Waals surface area (Å²) >= 11 is 5.00. The molecule has 0 aliphatic rings. The molecule has 0 radical (unpaired) electrons. The van der Waals surface area contributed by atoms with E-state index in [0.29, 0.717) is 12.1 Å². The van der Waals surface area contributed by atoms with Gasteiger partial charge in [0.25, 0.3) is 0 Å². The van der Waals surface area contributed by atoms with E-state index in [1.807, 2.05) is 18.4 Å². The fourth-order valence-corrected chi connectivity index (χ4v) is 3.06. The number of halogens is 3. The summed E-state index contributed by atoms with van der Waals surface area (Å²) in [7, 11) is 0. The van der Waals surface area contributed by atoms with E-state index in [-0.39, 0.29) is 11.9 Å². The minimum absolute atomic E-state index is 0.235. The van der Waals surface area contributed by atoms with Crippen molar-refractivity contribution in [1.82, 2.24) is 5.32 Å². The van der Waals surface area contributed by atoms with Crippen LogP contribution in [0.1, 0.15) is 23.4 Å². The monoisotopic (exact) mass is 331 g/mol. The van der Waals surface area contributed by atoms with Crippen molar-refractivity contribution in [1.29, 1.82) is 0 Å². The number of rotatable bonds is 4. The average molecular weight is 332 g/mol. The first-order valence-electron chi connectivity index (χ1n) is 5.47. The average Bonchev–Trinajstić information content (AvgIpc) is 2.75. The summed E-state index contributed by atoms with van der Waals surface area (Å²) in [6.07, 6.45) is 0. The van der Waals surface area contributed by atoms with E-state index >= 15 is 0 Å². The Balaban J connectivity index is 2.03. The van der Waals surface area contributed by atoms with E-state index in [2.05, 4.69) is 21.2 Å². The Morgan fingerprint density at radius 1 is 1.33 bits per heavy atom. The van der Waals surface area contributed by atoms with Gasteiger partial charge in [-0.25, -0.2) is 8.78 Å². The number of hydrogen-bond donors (Lipinski definition) is 1. The van der Waals surface area contributed by atoms with Gasteiger partial charge in [-0.1, -0.05) is 0 Å². The number of nitrogens with one attached hydrogen (secondary N) is 1. The van der Waals surface area contributed by atoms with Crippen LogP contribution in [0.4, 0.5) is 8.78 Å². The molecule has 0 saturated heterocycles. The SMILES string of the molecule is CC(NCc1cc(Br)cs1)c1cc(F)ccc1F. The van der Waals surface area contributed by atoms with Crippen LogP contribution in [0.2, 0.25) is 0 Å². The Hall–Kier alpha value is -0.780. The van der Waals surface area contributed by atoms with Crippen molar-refractivity contribution < 1.29 is 8.78 Å². The second-order valence-corrected chi connectivity index (χ2v) is 5.91. The zero-order valence-electron chi connectivity index (χ0n) is 9.71. The highest BCUT2D eigenvalue weighted by Crippen LogP contribution is 2.22. The lowest BCUT2D eigenvalue weighted by molar-refractivity contribution is 0.520. The first kappa shape index (κ1) is 13.6. The summed E-state index contributed by atoms with van der Waals surface area (Å²) in [5.41, 5.74) is 0.352. The third kappa shape index (κ3) is 3.37. The van der Waals surface area contributed by atoms with Crippen LogP contribution < -0.4 is 5.32 Å². The fourth-order valence-electron chi connectivity index (χ4n) is 1.66. The largest absolute Gasteiger partial charge is 0.305 e. The second kappa shape index (κ2) is 5.91. The Labute approximate surface area is 117 Å². The van der Waals surface area contributed by atoms with Gasteiger partial charge in [-0.3, -0.25) is 0 Å². The molecule has 0 spiro atoms. The minimum Gasteiger partial charge on any atom is -0.305 e. The van der Waals surface area contributed by atoms with Gasteiger partial charge in [0.05, 0.1) is 0 Å². The van der Waals surface area contributed by atoms with Gasteiger partial charge in [0.2, 0.25) is 0 Å². The van der Waals surface area contributed by atoms with E-state index in [4.69, 9.17) is 0 Å². The Kier molecular flexibility index (Phi) is 4.48. The van der Waals surface area contributed by atoms with Gasteiger partial charge in [0.15, 0.2) is 0 Å². The molecule has 1 nitrogen and oxygen atoms in total. The van der Waals surface area contributed by atoms with E-state index in [0.717, 1.165) is 21.5 Å². The molecule has 1 heterocycles. The summed E-state index contributed by atoms with van der Waals surface area (Å²) in [4.78, 5) is 1.14. The van der Waals surface area contributed by atoms with Crippen LogP contribution >= 0.6 is 27.3 Å². The first-order chi connectivity index (χ1) is 8.56. The van der Waals surface area contributed by atoms with Crippen molar-refractivity contribution in [3.8, 4) is 0 Å². The first-order valence-corrected chi connectivity index (χ1v) is 7.15. The standard InChI is InChI=1S/C13H12BrF2NS/c1-8(12-5-10(15)2-3-13(12)16)17-6-11-4-9(14)7-18-11/h2-5,7-8,17H,6H2,1H3. The maximum atomic E-state index is 13.5. The van der Waals surface area contributed by atoms with Gasteiger partial charge >= 0.3 is 0 Å². The highest BCUT2D eigenvalue weighted by molar-refractivity contribution is 9.10. The van der Waals surface area contributed by atoms with Crippen molar-refractivity contribution in [3.63, 3.8) is 0 Å². The maximum Gasteiger partial charge on any atom is 0.128 e. The van der Waals surface area contributed by atoms with Crippen LogP contribution in [0.3, 0.4) is 0 Å². The van der Waals surface area contributed by atoms with E-state index in [1.54, 1.807) is 11.3 Å². The van der Waals surface area contributed by atoms with Crippen molar-refractivity contribution in [2.24, 2.45) is 0 Å². The molecule has 0 saturated carbocycles. The third-order valence-corrected chi connectivity index (χ3v) is 4.33. The molecule has 1 aromatic heterocycles. The summed E-state index contributed by atoms with van der Waals surface area (Å²) in [5.74, 6) is -0.803. The quantitative estimate of drug-likeness (QED) is 0.860. The van der Waals surface area contributed by atoms with E-state index < -0.39 is 5.82 Å². The Morgan fingerprint density at radius 3 is 2.78 bits per heavy atom. The molecule has 18 heavy (non-hydrogen) atoms. The molecule has 0 amide bonds. The Bertz CT molecular complexity index is 542. The lowest BCUT2D eigenvalue weighted by Crippen LogP contribution is -2.18. The van der Waals surface area contributed by atoms with Gasteiger partial charge in [-0.15, -0.1) is 11.3 Å². The molecule has 2 rings (SSSR count). The van der Waals surface area contributed by atoms with E-state index in [9.17, 15) is 8.78 Å². The number of thiophene rings is 1. The summed E-state index contributed by atoms with van der Waals surface area (Å²) < 4.78 is 27.6. The lowest BCUT2D eigenvalue weighted by atomic mass is 10.1. The van der Waals surface area contributed by atoms with Crippen LogP contribution in [0, 0.1) is 11.6 Å². The molecule has 0 aliphatic heterocycles. The molecule has 2 aromatic rings. The molecular weight excluding hydrogens is 320 g/mol. The van der Waals surface area contributed by atoms with Crippen molar-refractivity contribution >= 4 is 27.3 Å². The van der Waals surface area contributed by atoms with Gasteiger partial charge in [-0.05, 0) is 47.1 Å². The topological polar surface area (TPSA) is 12.0 Å². The van der Waals surface area contributed by atoms with Gasteiger partial charge in [0, 0.05) is 32.9 Å². The fraction of sp³-hybridized carbons (Fsp3) is 0.231. The molecular formula is C13H12BrF2NS.